The zero-order chi connectivity index (χ0) is 22.9. The van der Waals surface area contributed by atoms with E-state index in [0.717, 1.165) is 33.5 Å². The average Bonchev–Trinajstić information content (AvgIpc) is 2.83. The van der Waals surface area contributed by atoms with Crippen LogP contribution in [0.1, 0.15) is 13.8 Å². The van der Waals surface area contributed by atoms with Gasteiger partial charge in [-0.25, -0.2) is 13.3 Å². The number of fused-ring (bicyclic) bond motifs is 1. The van der Waals surface area contributed by atoms with Crippen molar-refractivity contribution >= 4 is 32.3 Å². The normalized spacial score (nSPS) is 15.2. The van der Waals surface area contributed by atoms with Crippen molar-refractivity contribution in [3.05, 3.63) is 60.1 Å². The van der Waals surface area contributed by atoms with Crippen LogP contribution in [0.5, 0.6) is 5.75 Å². The van der Waals surface area contributed by atoms with Gasteiger partial charge in [-0.2, -0.15) is 4.31 Å². The maximum absolute atomic E-state index is 12.5. The molecular formula is C24H26N4O3S. The average molecular weight is 451 g/mol. The van der Waals surface area contributed by atoms with E-state index in [2.05, 4.69) is 9.74 Å². The highest BCUT2D eigenvalue weighted by molar-refractivity contribution is 7.89. The molecule has 4 rings (SSSR count). The van der Waals surface area contributed by atoms with E-state index in [1.54, 1.807) is 37.4 Å². The van der Waals surface area contributed by atoms with Gasteiger partial charge in [-0.05, 0) is 25.5 Å². The molecule has 166 valence electrons. The molecule has 0 radical (unpaired) electrons. The highest BCUT2D eigenvalue weighted by Gasteiger charge is 2.30. The van der Waals surface area contributed by atoms with Crippen LogP contribution in [0.3, 0.4) is 0 Å². The molecule has 1 fully saturated rings. The van der Waals surface area contributed by atoms with Crippen molar-refractivity contribution in [1.82, 2.24) is 9.29 Å². The smallest absolute Gasteiger partial charge is 0.216 e. The number of methoxy groups -OCH3 is 1. The fraction of sp³-hybridized carbons (Fsp3) is 0.333. The van der Waals surface area contributed by atoms with Gasteiger partial charge < -0.3 is 9.64 Å². The maximum Gasteiger partial charge on any atom is 0.216 e. The molecule has 0 amide bonds. The molecule has 2 aromatic carbocycles. The van der Waals surface area contributed by atoms with Gasteiger partial charge >= 0.3 is 0 Å². The predicted molar refractivity (Wildman–Crippen MR) is 128 cm³/mol. The molecule has 0 unspecified atom stereocenters. The number of anilines is 1. The molecule has 0 bridgehead atoms. The lowest BCUT2D eigenvalue weighted by molar-refractivity contribution is 0.376. The Balaban J connectivity index is 1.68. The van der Waals surface area contributed by atoms with Crippen molar-refractivity contribution in [3.8, 4) is 16.9 Å². The molecule has 7 nitrogen and oxygen atoms in total. The van der Waals surface area contributed by atoms with E-state index in [1.165, 1.54) is 0 Å². The third kappa shape index (κ3) is 3.90. The highest BCUT2D eigenvalue weighted by atomic mass is 32.2. The Morgan fingerprint density at radius 2 is 1.75 bits per heavy atom. The van der Waals surface area contributed by atoms with Crippen LogP contribution >= 0.6 is 0 Å². The topological polar surface area (TPSA) is 67.1 Å². The van der Waals surface area contributed by atoms with Gasteiger partial charge in [0.05, 0.1) is 36.3 Å². The molecule has 0 N–H and O–H groups in total. The van der Waals surface area contributed by atoms with Crippen molar-refractivity contribution in [3.63, 3.8) is 0 Å². The van der Waals surface area contributed by atoms with E-state index in [1.807, 2.05) is 36.5 Å². The maximum atomic E-state index is 12.5. The highest BCUT2D eigenvalue weighted by Crippen LogP contribution is 2.39. The van der Waals surface area contributed by atoms with Crippen molar-refractivity contribution in [2.45, 2.75) is 19.1 Å². The number of pyridine rings is 1. The number of benzene rings is 2. The number of rotatable bonds is 5. The van der Waals surface area contributed by atoms with Gasteiger partial charge in [-0.3, -0.25) is 4.98 Å². The van der Waals surface area contributed by atoms with Crippen LogP contribution in [0.25, 0.3) is 26.9 Å². The van der Waals surface area contributed by atoms with Crippen molar-refractivity contribution in [1.29, 1.82) is 0 Å². The molecule has 32 heavy (non-hydrogen) atoms. The molecule has 2 heterocycles. The molecule has 0 atom stereocenters. The zero-order valence-corrected chi connectivity index (χ0v) is 19.3. The van der Waals surface area contributed by atoms with Gasteiger partial charge in [-0.1, -0.05) is 36.4 Å². The van der Waals surface area contributed by atoms with Crippen LogP contribution in [0.15, 0.2) is 48.7 Å². The second-order valence-corrected chi connectivity index (χ2v) is 10.5. The first kappa shape index (κ1) is 22.1. The Bertz CT molecular complexity index is 1270. The van der Waals surface area contributed by atoms with Gasteiger partial charge in [0.15, 0.2) is 11.4 Å². The lowest BCUT2D eigenvalue weighted by Crippen LogP contribution is -2.50. The Labute approximate surface area is 189 Å². The number of aromatic nitrogens is 1. The minimum Gasteiger partial charge on any atom is -0.494 e. The third-order valence-corrected chi connectivity index (χ3v) is 8.15. The van der Waals surface area contributed by atoms with E-state index in [4.69, 9.17) is 16.3 Å². The second-order valence-electron chi connectivity index (χ2n) is 8.02. The van der Waals surface area contributed by atoms with Crippen LogP contribution in [0.4, 0.5) is 11.4 Å². The first-order valence-electron chi connectivity index (χ1n) is 10.5. The molecule has 1 aliphatic rings. The molecule has 0 aliphatic carbocycles. The van der Waals surface area contributed by atoms with E-state index in [-0.39, 0.29) is 0 Å². The van der Waals surface area contributed by atoms with Gasteiger partial charge in [0.2, 0.25) is 10.0 Å². The predicted octanol–water partition coefficient (Wildman–Crippen LogP) is 4.32. The minimum absolute atomic E-state index is 0.423. The Morgan fingerprint density at radius 3 is 2.34 bits per heavy atom. The zero-order valence-electron chi connectivity index (χ0n) is 18.4. The van der Waals surface area contributed by atoms with E-state index >= 15 is 0 Å². The summed E-state index contributed by atoms with van der Waals surface area (Å²) in [5.41, 5.74) is 4.24. The summed E-state index contributed by atoms with van der Waals surface area (Å²) in [6.45, 7) is 12.6. The summed E-state index contributed by atoms with van der Waals surface area (Å²) < 4.78 is 32.4. The van der Waals surface area contributed by atoms with E-state index in [9.17, 15) is 8.42 Å². The Morgan fingerprint density at radius 1 is 1.06 bits per heavy atom. The molecule has 3 aromatic rings. The van der Waals surface area contributed by atoms with Crippen LogP contribution in [0.2, 0.25) is 0 Å². The summed E-state index contributed by atoms with van der Waals surface area (Å²) in [6, 6.07) is 13.4. The van der Waals surface area contributed by atoms with Crippen LogP contribution < -0.4 is 9.64 Å². The summed E-state index contributed by atoms with van der Waals surface area (Å²) in [5, 5.41) is 0.474. The van der Waals surface area contributed by atoms with Crippen molar-refractivity contribution in [2.75, 3.05) is 38.2 Å². The van der Waals surface area contributed by atoms with Gasteiger partial charge in [0.1, 0.15) is 0 Å². The number of hydrogen-bond acceptors (Lipinski definition) is 5. The first-order chi connectivity index (χ1) is 15.4. The monoisotopic (exact) mass is 450 g/mol. The minimum atomic E-state index is -3.26. The first-order valence-corrected chi connectivity index (χ1v) is 12.0. The van der Waals surface area contributed by atoms with Gasteiger partial charge in [-0.15, -0.1) is 0 Å². The number of piperazine rings is 1. The molecule has 1 saturated heterocycles. The number of sulfonamides is 1. The summed E-state index contributed by atoms with van der Waals surface area (Å²) in [4.78, 5) is 10.4. The summed E-state index contributed by atoms with van der Waals surface area (Å²) in [5.74, 6) is 0.731. The number of nitrogens with zero attached hydrogens (tertiary/aromatic N) is 4. The molecule has 1 aliphatic heterocycles. The van der Waals surface area contributed by atoms with Crippen LogP contribution in [-0.2, 0) is 10.0 Å². The molecule has 1 aromatic heterocycles. The standard InChI is InChI=1S/C24H26N4O3S/c1-17(2)32(29,30)28-14-12-27(13-15-28)22-16-26-23-20(6-5-7-21(23)24(22)31-4)18-8-10-19(25-3)11-9-18/h5-11,16-17H,12-15H2,1-2,4H3. The van der Waals surface area contributed by atoms with Crippen molar-refractivity contribution < 1.29 is 13.2 Å². The number of para-hydroxylation sites is 1. The van der Waals surface area contributed by atoms with E-state index in [0.29, 0.717) is 31.9 Å². The Hall–Kier alpha value is -3.15. The molecule has 0 saturated carbocycles. The summed E-state index contributed by atoms with van der Waals surface area (Å²) >= 11 is 0. The molecular weight excluding hydrogens is 424 g/mol. The number of hydrogen-bond donors (Lipinski definition) is 0. The largest absolute Gasteiger partial charge is 0.494 e. The fourth-order valence-corrected chi connectivity index (χ4v) is 5.33. The third-order valence-electron chi connectivity index (χ3n) is 5.88. The quantitative estimate of drug-likeness (QED) is 0.542. The number of ether oxygens (including phenoxy) is 1. The van der Waals surface area contributed by atoms with Crippen molar-refractivity contribution in [2.24, 2.45) is 0 Å². The fourth-order valence-electron chi connectivity index (χ4n) is 4.06. The molecule has 8 heteroatoms. The van der Waals surface area contributed by atoms with Gasteiger partial charge in [0.25, 0.3) is 0 Å². The van der Waals surface area contributed by atoms with Crippen LogP contribution in [-0.4, -0.2) is 56.2 Å². The Kier molecular flexibility index (Phi) is 6.04. The summed E-state index contributed by atoms with van der Waals surface area (Å²) in [6.07, 6.45) is 1.81. The lowest BCUT2D eigenvalue weighted by atomic mass is 10.0. The second kappa shape index (κ2) is 8.77. The van der Waals surface area contributed by atoms with E-state index < -0.39 is 15.3 Å². The van der Waals surface area contributed by atoms with Crippen LogP contribution in [0, 0.1) is 6.57 Å². The molecule has 0 spiro atoms. The SMILES string of the molecule is [C-]#[N+]c1ccc(-c2cccc3c(OC)c(N4CCN(S(=O)(=O)C(C)C)CC4)cnc23)cc1. The lowest BCUT2D eigenvalue weighted by Gasteiger charge is -2.36. The summed E-state index contributed by atoms with van der Waals surface area (Å²) in [7, 11) is -1.61. The van der Waals surface area contributed by atoms with Gasteiger partial charge in [0, 0.05) is 37.1 Å².